The van der Waals surface area contributed by atoms with Gasteiger partial charge in [0.05, 0.1) is 24.6 Å². The van der Waals surface area contributed by atoms with Gasteiger partial charge in [0.15, 0.2) is 0 Å². The molecular weight excluding hydrogens is 506 g/mol. The third kappa shape index (κ3) is 22.7. The highest BCUT2D eigenvalue weighted by atomic mass is 127. The number of halogens is 1. The summed E-state index contributed by atoms with van der Waals surface area (Å²) in [7, 11) is -0.687. The molecule has 0 N–H and O–H groups in total. The molecule has 0 aliphatic heterocycles. The highest BCUT2D eigenvalue weighted by Crippen LogP contribution is 2.61. The number of rotatable bonds is 25. The molecule has 0 bridgehead atoms. The molecule has 0 unspecified atom stereocenters. The summed E-state index contributed by atoms with van der Waals surface area (Å²) in [5, 5.41) is 0. The van der Waals surface area contributed by atoms with Crippen molar-refractivity contribution in [2.75, 3.05) is 24.6 Å². The fraction of sp³-hybridized carbons (Fsp3) is 1.00. The fourth-order valence-corrected chi connectivity index (χ4v) is 9.97. The Morgan fingerprint density at radius 3 is 0.742 bits per heavy atom. The van der Waals surface area contributed by atoms with Crippen LogP contribution in [0.4, 0.5) is 0 Å². The topological polar surface area (TPSA) is 0 Å². The average molecular weight is 569 g/mol. The van der Waals surface area contributed by atoms with Crippen LogP contribution in [0.15, 0.2) is 0 Å². The van der Waals surface area contributed by atoms with Crippen molar-refractivity contribution in [3.8, 4) is 0 Å². The summed E-state index contributed by atoms with van der Waals surface area (Å²) in [6.45, 7) is 9.41. The predicted octanol–water partition coefficient (Wildman–Crippen LogP) is 8.28. The Kier molecular flexibility index (Phi) is 30.3. The van der Waals surface area contributed by atoms with Crippen molar-refractivity contribution in [2.45, 2.75) is 163 Å². The van der Waals surface area contributed by atoms with Gasteiger partial charge < -0.3 is 24.0 Å². The molecule has 0 aliphatic carbocycles. The molecule has 0 aromatic rings. The second-order valence-corrected chi connectivity index (χ2v) is 14.7. The second kappa shape index (κ2) is 27.4. The highest BCUT2D eigenvalue weighted by Gasteiger charge is 2.34. The molecular formula is C29H62IP. The van der Waals surface area contributed by atoms with Crippen LogP contribution in [-0.4, -0.2) is 24.6 Å². The maximum atomic E-state index is 2.36. The second-order valence-electron chi connectivity index (χ2n) is 10.2. The molecule has 0 saturated carbocycles. The van der Waals surface area contributed by atoms with Crippen LogP contribution in [0, 0.1) is 0 Å². The molecule has 0 radical (unpaired) electrons. The summed E-state index contributed by atoms with van der Waals surface area (Å²) in [6, 6.07) is 0. The number of unbranched alkanes of at least 4 members (excludes halogenated alkanes) is 17. The predicted molar refractivity (Wildman–Crippen MR) is 146 cm³/mol. The van der Waals surface area contributed by atoms with Gasteiger partial charge in [-0.05, 0) is 51.4 Å². The summed E-state index contributed by atoms with van der Waals surface area (Å²) in [6.07, 6.45) is 37.6. The Labute approximate surface area is 217 Å². The van der Waals surface area contributed by atoms with E-state index in [1.165, 1.54) is 109 Å². The van der Waals surface area contributed by atoms with Crippen LogP contribution >= 0.6 is 7.26 Å². The maximum absolute atomic E-state index is 2.36. The lowest BCUT2D eigenvalue weighted by Crippen LogP contribution is -3.00. The molecule has 0 rings (SSSR count). The molecule has 0 fully saturated rings. The molecule has 31 heavy (non-hydrogen) atoms. The van der Waals surface area contributed by atoms with Gasteiger partial charge in [0.1, 0.15) is 0 Å². The summed E-state index contributed by atoms with van der Waals surface area (Å²) in [4.78, 5) is 0. The summed E-state index contributed by atoms with van der Waals surface area (Å²) in [5.74, 6) is 0. The molecule has 0 aromatic carbocycles. The summed E-state index contributed by atoms with van der Waals surface area (Å²) < 4.78 is 0. The first-order valence-corrected chi connectivity index (χ1v) is 17.1. The van der Waals surface area contributed by atoms with Gasteiger partial charge in [-0.2, -0.15) is 0 Å². The van der Waals surface area contributed by atoms with Crippen LogP contribution in [0.1, 0.15) is 163 Å². The first-order valence-electron chi connectivity index (χ1n) is 14.6. The van der Waals surface area contributed by atoms with E-state index in [2.05, 4.69) is 27.7 Å². The van der Waals surface area contributed by atoms with Gasteiger partial charge in [0.2, 0.25) is 0 Å². The van der Waals surface area contributed by atoms with Gasteiger partial charge in [-0.1, -0.05) is 111 Å². The number of hydrogen-bond acceptors (Lipinski definition) is 0. The van der Waals surface area contributed by atoms with Crippen molar-refractivity contribution in [1.82, 2.24) is 0 Å². The van der Waals surface area contributed by atoms with Crippen LogP contribution in [-0.2, 0) is 0 Å². The molecule has 0 atom stereocenters. The van der Waals surface area contributed by atoms with E-state index in [1.54, 1.807) is 50.3 Å². The first-order chi connectivity index (χ1) is 14.7. The smallest absolute Gasteiger partial charge is 0.0594 e. The van der Waals surface area contributed by atoms with E-state index in [4.69, 9.17) is 0 Å². The fourth-order valence-electron chi connectivity index (χ4n) is 5.05. The van der Waals surface area contributed by atoms with Gasteiger partial charge in [-0.3, -0.25) is 0 Å². The van der Waals surface area contributed by atoms with Crippen LogP contribution in [0.2, 0.25) is 0 Å². The SMILES string of the molecule is CCCCCCCCCCC[P+](CCCCCC)(CCCCCC)CCCCCC.[I-]. The van der Waals surface area contributed by atoms with Crippen LogP contribution in [0.3, 0.4) is 0 Å². The average Bonchev–Trinajstić information content (AvgIpc) is 2.76. The van der Waals surface area contributed by atoms with Crippen molar-refractivity contribution >= 4 is 7.26 Å². The largest absolute Gasteiger partial charge is 1.00 e. The minimum Gasteiger partial charge on any atom is -1.00 e. The van der Waals surface area contributed by atoms with E-state index in [0.717, 1.165) is 0 Å². The quantitative estimate of drug-likeness (QED) is 0.0591. The zero-order chi connectivity index (χ0) is 22.2. The zero-order valence-electron chi connectivity index (χ0n) is 22.5. The van der Waals surface area contributed by atoms with Gasteiger partial charge in [-0.15, -0.1) is 0 Å². The van der Waals surface area contributed by atoms with E-state index < -0.39 is 7.26 Å². The van der Waals surface area contributed by atoms with E-state index in [9.17, 15) is 0 Å². The lowest BCUT2D eigenvalue weighted by atomic mass is 10.1. The van der Waals surface area contributed by atoms with E-state index >= 15 is 0 Å². The van der Waals surface area contributed by atoms with Crippen molar-refractivity contribution in [3.05, 3.63) is 0 Å². The van der Waals surface area contributed by atoms with Gasteiger partial charge in [0.25, 0.3) is 0 Å². The molecule has 0 heterocycles. The van der Waals surface area contributed by atoms with E-state index in [-0.39, 0.29) is 24.0 Å². The Balaban J connectivity index is 0. The molecule has 190 valence electrons. The van der Waals surface area contributed by atoms with E-state index in [1.807, 2.05) is 0 Å². The van der Waals surface area contributed by atoms with Gasteiger partial charge in [-0.25, -0.2) is 0 Å². The lowest BCUT2D eigenvalue weighted by Gasteiger charge is -2.28. The Hall–Kier alpha value is 1.16. The third-order valence-corrected chi connectivity index (χ3v) is 12.3. The van der Waals surface area contributed by atoms with Gasteiger partial charge in [0, 0.05) is 7.26 Å². The first kappa shape index (κ1) is 34.3. The normalized spacial score (nSPS) is 11.6. The van der Waals surface area contributed by atoms with Gasteiger partial charge >= 0.3 is 0 Å². The monoisotopic (exact) mass is 568 g/mol. The molecule has 0 spiro atoms. The highest BCUT2D eigenvalue weighted by molar-refractivity contribution is 7.75. The third-order valence-electron chi connectivity index (χ3n) is 7.19. The number of hydrogen-bond donors (Lipinski definition) is 0. The zero-order valence-corrected chi connectivity index (χ0v) is 25.6. The Bertz CT molecular complexity index is 287. The molecule has 2 heteroatoms. The van der Waals surface area contributed by atoms with Crippen molar-refractivity contribution in [2.24, 2.45) is 0 Å². The molecule has 0 nitrogen and oxygen atoms in total. The van der Waals surface area contributed by atoms with Crippen molar-refractivity contribution in [1.29, 1.82) is 0 Å². The standard InChI is InChI=1S/C29H62P.HI/c1-5-9-13-17-18-19-20-21-25-29-30(26-22-14-10-6-2,27-23-15-11-7-3)28-24-16-12-8-4;/h5-29H2,1-4H3;1H/q+1;/p-1. The molecule has 0 aromatic heterocycles. The molecule has 0 amide bonds. The Morgan fingerprint density at radius 2 is 0.484 bits per heavy atom. The minimum absolute atomic E-state index is 0. The maximum Gasteiger partial charge on any atom is 0.0594 e. The molecule has 0 aliphatic rings. The Morgan fingerprint density at radius 1 is 0.290 bits per heavy atom. The van der Waals surface area contributed by atoms with Crippen LogP contribution < -0.4 is 24.0 Å². The minimum atomic E-state index is -0.687. The van der Waals surface area contributed by atoms with Crippen molar-refractivity contribution in [3.63, 3.8) is 0 Å². The van der Waals surface area contributed by atoms with Crippen molar-refractivity contribution < 1.29 is 24.0 Å². The lowest BCUT2D eigenvalue weighted by molar-refractivity contribution is -0.00000689. The van der Waals surface area contributed by atoms with Crippen LogP contribution in [0.25, 0.3) is 0 Å². The molecule has 0 saturated heterocycles. The summed E-state index contributed by atoms with van der Waals surface area (Å²) >= 11 is 0. The van der Waals surface area contributed by atoms with E-state index in [0.29, 0.717) is 0 Å². The van der Waals surface area contributed by atoms with Crippen LogP contribution in [0.5, 0.6) is 0 Å². The summed E-state index contributed by atoms with van der Waals surface area (Å²) in [5.41, 5.74) is 0.